The molecule has 0 aromatic carbocycles. The lowest BCUT2D eigenvalue weighted by Crippen LogP contribution is -2.51. The van der Waals surface area contributed by atoms with E-state index in [0.717, 1.165) is 56.3 Å². The summed E-state index contributed by atoms with van der Waals surface area (Å²) in [7, 11) is 0. The molecule has 33 heavy (non-hydrogen) atoms. The molecule has 7 unspecified atom stereocenters. The number of aliphatic hydroxyl groups excluding tert-OH is 1. The fourth-order valence-corrected chi connectivity index (χ4v) is 9.46. The SMILES string of the molecule is C=C1C=C2CC(O)CCC2(C)C2CCC3(C)C(CCCC4(O)CCC(C)(C)CC4)CCC3C12. The van der Waals surface area contributed by atoms with Gasteiger partial charge in [0, 0.05) is 0 Å². The number of fused-ring (bicyclic) bond motifs is 5. The molecule has 0 bridgehead atoms. The summed E-state index contributed by atoms with van der Waals surface area (Å²) < 4.78 is 0. The van der Waals surface area contributed by atoms with E-state index in [2.05, 4.69) is 40.3 Å². The molecule has 2 nitrogen and oxygen atoms in total. The molecule has 186 valence electrons. The first-order chi connectivity index (χ1) is 15.5. The molecular formula is C31H50O2. The van der Waals surface area contributed by atoms with Crippen LogP contribution in [-0.2, 0) is 0 Å². The van der Waals surface area contributed by atoms with E-state index >= 15 is 0 Å². The minimum atomic E-state index is -0.398. The summed E-state index contributed by atoms with van der Waals surface area (Å²) in [5.41, 5.74) is 3.61. The Morgan fingerprint density at radius 1 is 0.909 bits per heavy atom. The maximum atomic E-state index is 11.2. The van der Waals surface area contributed by atoms with Crippen LogP contribution < -0.4 is 0 Å². The van der Waals surface area contributed by atoms with E-state index in [1.54, 1.807) is 0 Å². The molecule has 0 aromatic rings. The molecule has 0 radical (unpaired) electrons. The lowest BCUT2D eigenvalue weighted by atomic mass is 9.46. The second-order valence-electron chi connectivity index (χ2n) is 14.4. The standard InChI is InChI=1S/C31H50O2/c1-21-19-23-20-24(32)10-13-30(23,5)26-11-14-29(4)22(8-9-25(29)27(21)26)7-6-12-31(33)17-15-28(2,3)16-18-31/h19,22,24-27,32-33H,1,6-18,20H2,2-5H3. The van der Waals surface area contributed by atoms with Crippen molar-refractivity contribution in [2.75, 3.05) is 0 Å². The third-order valence-corrected chi connectivity index (χ3v) is 12.0. The molecule has 5 rings (SSSR count). The van der Waals surface area contributed by atoms with Crippen LogP contribution in [0.5, 0.6) is 0 Å². The maximum absolute atomic E-state index is 11.2. The predicted molar refractivity (Wildman–Crippen MR) is 137 cm³/mol. The van der Waals surface area contributed by atoms with Gasteiger partial charge >= 0.3 is 0 Å². The van der Waals surface area contributed by atoms with E-state index in [1.807, 2.05) is 0 Å². The third kappa shape index (κ3) is 4.10. The first kappa shape index (κ1) is 24.1. The summed E-state index contributed by atoms with van der Waals surface area (Å²) >= 11 is 0. The largest absolute Gasteiger partial charge is 0.393 e. The molecule has 0 spiro atoms. The van der Waals surface area contributed by atoms with Crippen LogP contribution in [0.15, 0.2) is 23.8 Å². The van der Waals surface area contributed by atoms with Crippen molar-refractivity contribution >= 4 is 0 Å². The number of hydrogen-bond acceptors (Lipinski definition) is 2. The Morgan fingerprint density at radius 3 is 2.36 bits per heavy atom. The van der Waals surface area contributed by atoms with Gasteiger partial charge in [-0.3, -0.25) is 0 Å². The zero-order valence-electron chi connectivity index (χ0n) is 22.0. The summed E-state index contributed by atoms with van der Waals surface area (Å²) in [6.07, 6.45) is 18.5. The van der Waals surface area contributed by atoms with Crippen molar-refractivity contribution in [2.24, 2.45) is 39.9 Å². The monoisotopic (exact) mass is 454 g/mol. The summed E-state index contributed by atoms with van der Waals surface area (Å²) in [5.74, 6) is 2.95. The van der Waals surface area contributed by atoms with Gasteiger partial charge in [-0.1, -0.05) is 57.9 Å². The number of rotatable bonds is 4. The molecule has 0 heterocycles. The predicted octanol–water partition coefficient (Wildman–Crippen LogP) is 7.59. The molecule has 2 N–H and O–H groups in total. The molecule has 0 aliphatic heterocycles. The third-order valence-electron chi connectivity index (χ3n) is 12.0. The zero-order valence-corrected chi connectivity index (χ0v) is 22.0. The second-order valence-corrected chi connectivity index (χ2v) is 14.4. The van der Waals surface area contributed by atoms with Crippen molar-refractivity contribution in [3.8, 4) is 0 Å². The van der Waals surface area contributed by atoms with Crippen LogP contribution in [0.25, 0.3) is 0 Å². The molecular weight excluding hydrogens is 404 g/mol. The van der Waals surface area contributed by atoms with Gasteiger partial charge in [-0.2, -0.15) is 0 Å². The van der Waals surface area contributed by atoms with Gasteiger partial charge < -0.3 is 10.2 Å². The van der Waals surface area contributed by atoms with Gasteiger partial charge in [0.2, 0.25) is 0 Å². The molecule has 7 atom stereocenters. The van der Waals surface area contributed by atoms with Crippen molar-refractivity contribution < 1.29 is 10.2 Å². The average Bonchev–Trinajstić information content (AvgIpc) is 3.08. The topological polar surface area (TPSA) is 40.5 Å². The zero-order chi connectivity index (χ0) is 23.6. The molecule has 2 heteroatoms. The highest BCUT2D eigenvalue weighted by atomic mass is 16.3. The Balaban J connectivity index is 1.25. The average molecular weight is 455 g/mol. The molecule has 4 saturated carbocycles. The maximum Gasteiger partial charge on any atom is 0.0648 e. The molecule has 5 aliphatic carbocycles. The van der Waals surface area contributed by atoms with E-state index in [4.69, 9.17) is 0 Å². The highest BCUT2D eigenvalue weighted by Crippen LogP contribution is 2.67. The number of allylic oxidation sites excluding steroid dienone is 2. The van der Waals surface area contributed by atoms with Crippen LogP contribution in [0.1, 0.15) is 118 Å². The van der Waals surface area contributed by atoms with E-state index in [1.165, 1.54) is 62.5 Å². The minimum absolute atomic E-state index is 0.150. The molecule has 4 fully saturated rings. The Hall–Kier alpha value is -0.600. The van der Waals surface area contributed by atoms with Gasteiger partial charge in [0.15, 0.2) is 0 Å². The van der Waals surface area contributed by atoms with Crippen LogP contribution in [-0.4, -0.2) is 21.9 Å². The Labute approximate surface area is 203 Å². The molecule has 0 amide bonds. The van der Waals surface area contributed by atoms with Gasteiger partial charge in [0.25, 0.3) is 0 Å². The fourth-order valence-electron chi connectivity index (χ4n) is 9.46. The summed E-state index contributed by atoms with van der Waals surface area (Å²) in [4.78, 5) is 0. The second kappa shape index (κ2) is 8.22. The van der Waals surface area contributed by atoms with E-state index < -0.39 is 5.60 Å². The van der Waals surface area contributed by atoms with Crippen LogP contribution in [0.4, 0.5) is 0 Å². The van der Waals surface area contributed by atoms with Crippen LogP contribution in [0.3, 0.4) is 0 Å². The van der Waals surface area contributed by atoms with Crippen LogP contribution in [0.2, 0.25) is 0 Å². The van der Waals surface area contributed by atoms with Gasteiger partial charge in [-0.15, -0.1) is 0 Å². The van der Waals surface area contributed by atoms with Gasteiger partial charge in [0.1, 0.15) is 0 Å². The van der Waals surface area contributed by atoms with Crippen molar-refractivity contribution in [1.82, 2.24) is 0 Å². The quantitative estimate of drug-likeness (QED) is 0.459. The van der Waals surface area contributed by atoms with E-state index in [0.29, 0.717) is 16.7 Å². The van der Waals surface area contributed by atoms with Gasteiger partial charge in [-0.25, -0.2) is 0 Å². The van der Waals surface area contributed by atoms with E-state index in [-0.39, 0.29) is 11.5 Å². The fraction of sp³-hybridized carbons (Fsp3) is 0.871. The molecule has 0 aromatic heterocycles. The van der Waals surface area contributed by atoms with E-state index in [9.17, 15) is 10.2 Å². The lowest BCUT2D eigenvalue weighted by molar-refractivity contribution is -0.0435. The summed E-state index contributed by atoms with van der Waals surface area (Å²) in [5, 5.41) is 21.5. The summed E-state index contributed by atoms with van der Waals surface area (Å²) in [6, 6.07) is 0. The summed E-state index contributed by atoms with van der Waals surface area (Å²) in [6.45, 7) is 14.5. The number of aliphatic hydroxyl groups is 2. The minimum Gasteiger partial charge on any atom is -0.393 e. The normalized spacial score (nSPS) is 46.2. The van der Waals surface area contributed by atoms with Crippen molar-refractivity contribution in [3.63, 3.8) is 0 Å². The van der Waals surface area contributed by atoms with Crippen molar-refractivity contribution in [1.29, 1.82) is 0 Å². The van der Waals surface area contributed by atoms with Crippen molar-refractivity contribution in [3.05, 3.63) is 23.8 Å². The molecule has 5 aliphatic rings. The Kier molecular flexibility index (Phi) is 6.01. The first-order valence-electron chi connectivity index (χ1n) is 14.3. The smallest absolute Gasteiger partial charge is 0.0648 e. The number of hydrogen-bond donors (Lipinski definition) is 2. The highest BCUT2D eigenvalue weighted by Gasteiger charge is 2.59. The Morgan fingerprint density at radius 2 is 1.64 bits per heavy atom. The molecule has 0 saturated heterocycles. The van der Waals surface area contributed by atoms with Crippen LogP contribution in [0, 0.1) is 39.9 Å². The van der Waals surface area contributed by atoms with Crippen molar-refractivity contribution in [2.45, 2.75) is 129 Å². The van der Waals surface area contributed by atoms with Crippen LogP contribution >= 0.6 is 0 Å². The Bertz CT molecular complexity index is 798. The van der Waals surface area contributed by atoms with Gasteiger partial charge in [0.05, 0.1) is 11.7 Å². The first-order valence-corrected chi connectivity index (χ1v) is 14.3. The highest BCUT2D eigenvalue weighted by molar-refractivity contribution is 5.37. The van der Waals surface area contributed by atoms with Gasteiger partial charge in [-0.05, 0) is 123 Å². The lowest BCUT2D eigenvalue weighted by Gasteiger charge is -2.58.